The molecule has 0 aliphatic rings. The maximum absolute atomic E-state index is 13.2. The number of H-pyrrole nitrogens is 1. The van der Waals surface area contributed by atoms with Crippen LogP contribution in [0.3, 0.4) is 0 Å². The van der Waals surface area contributed by atoms with Gasteiger partial charge in [-0.25, -0.2) is 4.79 Å². The van der Waals surface area contributed by atoms with Crippen LogP contribution in [0, 0.1) is 11.3 Å². The lowest BCUT2D eigenvalue weighted by Gasteiger charge is -2.17. The summed E-state index contributed by atoms with van der Waals surface area (Å²) in [5.74, 6) is -0.757. The minimum Gasteiger partial charge on any atom is -0.290 e. The first-order valence-corrected chi connectivity index (χ1v) is 8.80. The Labute approximate surface area is 156 Å². The number of aromatic nitrogens is 2. The fourth-order valence-corrected chi connectivity index (χ4v) is 3.05. The summed E-state index contributed by atoms with van der Waals surface area (Å²) in [6.45, 7) is 5.86. The van der Waals surface area contributed by atoms with Gasteiger partial charge in [-0.05, 0) is 30.5 Å². The van der Waals surface area contributed by atoms with Crippen molar-refractivity contribution in [3.8, 4) is 6.07 Å². The van der Waals surface area contributed by atoms with Crippen LogP contribution in [0.2, 0.25) is 5.02 Å². The highest BCUT2D eigenvalue weighted by Crippen LogP contribution is 2.21. The van der Waals surface area contributed by atoms with Crippen LogP contribution in [-0.2, 0) is 6.54 Å². The number of unbranched alkanes of at least 4 members (excludes halogenated alkanes) is 1. The van der Waals surface area contributed by atoms with E-state index in [0.717, 1.165) is 6.42 Å². The van der Waals surface area contributed by atoms with E-state index in [1.807, 2.05) is 13.0 Å². The number of halogens is 1. The second kappa shape index (κ2) is 8.15. The zero-order valence-corrected chi connectivity index (χ0v) is 15.7. The number of nitrogens with one attached hydrogen (secondary N) is 1. The quantitative estimate of drug-likeness (QED) is 0.786. The Hall–Kier alpha value is -2.65. The second-order valence-electron chi connectivity index (χ2n) is 6.35. The normalized spacial score (nSPS) is 10.8. The largest absolute Gasteiger partial charge is 0.328 e. The summed E-state index contributed by atoms with van der Waals surface area (Å²) in [5.41, 5.74) is -0.453. The molecular formula is C19H20ClN3O3. The van der Waals surface area contributed by atoms with Crippen molar-refractivity contribution in [3.63, 3.8) is 0 Å². The van der Waals surface area contributed by atoms with Gasteiger partial charge in [0.2, 0.25) is 5.78 Å². The molecule has 0 atom stereocenters. The monoisotopic (exact) mass is 373 g/mol. The summed E-state index contributed by atoms with van der Waals surface area (Å²) < 4.78 is 1.31. The first-order chi connectivity index (χ1) is 12.3. The number of carbonyl (C=O) groups excluding carboxylic acids is 1. The molecule has 0 bridgehead atoms. The van der Waals surface area contributed by atoms with Crippen LogP contribution in [0.5, 0.6) is 0 Å². The first kappa shape index (κ1) is 19.7. The molecule has 0 amide bonds. The highest BCUT2D eigenvalue weighted by molar-refractivity contribution is 6.31. The number of hydrogen-bond acceptors (Lipinski definition) is 4. The summed E-state index contributed by atoms with van der Waals surface area (Å²) in [7, 11) is 0. The number of ketones is 1. The van der Waals surface area contributed by atoms with Crippen LogP contribution < -0.4 is 11.2 Å². The lowest BCUT2D eigenvalue weighted by Crippen LogP contribution is -2.38. The molecule has 1 N–H and O–H groups in total. The van der Waals surface area contributed by atoms with Crippen molar-refractivity contribution >= 4 is 17.4 Å². The van der Waals surface area contributed by atoms with E-state index in [2.05, 4.69) is 4.98 Å². The van der Waals surface area contributed by atoms with Gasteiger partial charge >= 0.3 is 5.69 Å². The Morgan fingerprint density at radius 2 is 2.00 bits per heavy atom. The van der Waals surface area contributed by atoms with Gasteiger partial charge in [0.15, 0.2) is 0 Å². The summed E-state index contributed by atoms with van der Waals surface area (Å²) >= 11 is 6.01. The number of rotatable bonds is 6. The van der Waals surface area contributed by atoms with Gasteiger partial charge in [0, 0.05) is 22.7 Å². The predicted molar refractivity (Wildman–Crippen MR) is 99.9 cm³/mol. The molecule has 1 aromatic carbocycles. The molecule has 0 aliphatic carbocycles. The molecular weight excluding hydrogens is 354 g/mol. The van der Waals surface area contributed by atoms with E-state index in [9.17, 15) is 14.4 Å². The van der Waals surface area contributed by atoms with E-state index in [1.165, 1.54) is 22.8 Å². The van der Waals surface area contributed by atoms with Gasteiger partial charge in [-0.15, -0.1) is 0 Å². The number of nitrogens with zero attached hydrogens (tertiary/aromatic N) is 2. The minimum atomic E-state index is -0.612. The molecule has 6 nitrogen and oxygen atoms in total. The molecule has 0 spiro atoms. The molecule has 0 saturated carbocycles. The van der Waals surface area contributed by atoms with E-state index < -0.39 is 17.0 Å². The van der Waals surface area contributed by atoms with Crippen molar-refractivity contribution in [1.29, 1.82) is 5.26 Å². The third-order valence-corrected chi connectivity index (χ3v) is 4.27. The fraction of sp³-hybridized carbons (Fsp3) is 0.368. The van der Waals surface area contributed by atoms with E-state index in [1.54, 1.807) is 13.8 Å². The molecule has 0 unspecified atom stereocenters. The Morgan fingerprint density at radius 3 is 2.58 bits per heavy atom. The summed E-state index contributed by atoms with van der Waals surface area (Å²) in [5, 5.41) is 9.35. The van der Waals surface area contributed by atoms with Crippen LogP contribution in [0.4, 0.5) is 0 Å². The van der Waals surface area contributed by atoms with Crippen molar-refractivity contribution in [1.82, 2.24) is 9.55 Å². The smallest absolute Gasteiger partial charge is 0.290 e. The van der Waals surface area contributed by atoms with Crippen LogP contribution in [-0.4, -0.2) is 15.3 Å². The predicted octanol–water partition coefficient (Wildman–Crippen LogP) is 3.22. The molecule has 7 heteroatoms. The molecule has 1 heterocycles. The molecule has 0 radical (unpaired) electrons. The minimum absolute atomic E-state index is 0.0633. The van der Waals surface area contributed by atoms with E-state index in [0.29, 0.717) is 13.0 Å². The molecule has 1 aromatic heterocycles. The van der Waals surface area contributed by atoms with Gasteiger partial charge in [0.05, 0.1) is 11.6 Å². The van der Waals surface area contributed by atoms with Crippen LogP contribution in [0.1, 0.15) is 66.7 Å². The Bertz CT molecular complexity index is 997. The van der Waals surface area contributed by atoms with Gasteiger partial charge in [-0.1, -0.05) is 38.8 Å². The summed E-state index contributed by atoms with van der Waals surface area (Å²) in [6, 6.07) is 6.24. The second-order valence-corrected chi connectivity index (χ2v) is 6.79. The Morgan fingerprint density at radius 1 is 1.31 bits per heavy atom. The third kappa shape index (κ3) is 3.94. The van der Waals surface area contributed by atoms with Crippen molar-refractivity contribution < 1.29 is 4.79 Å². The van der Waals surface area contributed by atoms with Gasteiger partial charge in [0.1, 0.15) is 5.69 Å². The number of benzene rings is 1. The molecule has 0 saturated heterocycles. The molecule has 26 heavy (non-hydrogen) atoms. The topological polar surface area (TPSA) is 95.7 Å². The average molecular weight is 374 g/mol. The number of carbonyl (C=O) groups is 1. The van der Waals surface area contributed by atoms with Gasteiger partial charge in [-0.3, -0.25) is 19.1 Å². The summed E-state index contributed by atoms with van der Waals surface area (Å²) in [6.07, 6.45) is 1.51. The first-order valence-electron chi connectivity index (χ1n) is 8.42. The maximum atomic E-state index is 13.2. The fourth-order valence-electron chi connectivity index (χ4n) is 2.82. The number of hydrogen-bond donors (Lipinski definition) is 1. The summed E-state index contributed by atoms with van der Waals surface area (Å²) in [4.78, 5) is 40.2. The van der Waals surface area contributed by atoms with E-state index in [4.69, 9.17) is 16.9 Å². The third-order valence-electron chi connectivity index (χ3n) is 4.05. The molecule has 0 aliphatic heterocycles. The van der Waals surface area contributed by atoms with E-state index in [-0.39, 0.29) is 33.3 Å². The molecule has 2 aromatic rings. The number of aromatic amines is 1. The standard InChI is InChI=1S/C19H20ClN3O3/c1-4-5-6-23-16(15(11(2)3)18(25)22-19(23)26)17(24)13-7-12(10-21)8-14(20)9-13/h7-9,11H,4-6H2,1-3H3,(H,22,25,26). The average Bonchev–Trinajstić information content (AvgIpc) is 2.58. The van der Waals surface area contributed by atoms with Gasteiger partial charge in [-0.2, -0.15) is 5.26 Å². The zero-order valence-electron chi connectivity index (χ0n) is 14.9. The molecule has 0 fully saturated rings. The lowest BCUT2D eigenvalue weighted by atomic mass is 9.96. The van der Waals surface area contributed by atoms with Crippen molar-refractivity contribution in [3.05, 3.63) is 66.4 Å². The van der Waals surface area contributed by atoms with Gasteiger partial charge < -0.3 is 0 Å². The zero-order chi connectivity index (χ0) is 19.4. The highest BCUT2D eigenvalue weighted by atomic mass is 35.5. The van der Waals surface area contributed by atoms with E-state index >= 15 is 0 Å². The highest BCUT2D eigenvalue weighted by Gasteiger charge is 2.24. The number of nitriles is 1. The van der Waals surface area contributed by atoms with Crippen molar-refractivity contribution in [2.75, 3.05) is 0 Å². The Kier molecular flexibility index (Phi) is 6.17. The van der Waals surface area contributed by atoms with Crippen LogP contribution in [0.25, 0.3) is 0 Å². The van der Waals surface area contributed by atoms with Crippen LogP contribution >= 0.6 is 11.6 Å². The molecule has 2 rings (SSSR count). The SMILES string of the molecule is CCCCn1c(C(=O)c2cc(Cl)cc(C#N)c2)c(C(C)C)c(=O)[nH]c1=O. The molecule has 136 valence electrons. The van der Waals surface area contributed by atoms with Gasteiger partial charge in [0.25, 0.3) is 5.56 Å². The van der Waals surface area contributed by atoms with Crippen LogP contribution in [0.15, 0.2) is 27.8 Å². The Balaban J connectivity index is 2.79. The lowest BCUT2D eigenvalue weighted by molar-refractivity contribution is 0.102. The van der Waals surface area contributed by atoms with Crippen molar-refractivity contribution in [2.24, 2.45) is 0 Å². The maximum Gasteiger partial charge on any atom is 0.328 e. The van der Waals surface area contributed by atoms with Crippen molar-refractivity contribution in [2.45, 2.75) is 46.1 Å².